The van der Waals surface area contributed by atoms with Gasteiger partial charge in [-0.15, -0.1) is 0 Å². The molecule has 4 nitrogen and oxygen atoms in total. The highest BCUT2D eigenvalue weighted by molar-refractivity contribution is 6.60. The van der Waals surface area contributed by atoms with Crippen molar-refractivity contribution in [3.05, 3.63) is 64.9 Å². The largest absolute Gasteiger partial charge is 0.494 e. The lowest BCUT2D eigenvalue weighted by Gasteiger charge is -2.15. The summed E-state index contributed by atoms with van der Waals surface area (Å²) in [5.41, 5.74) is 0.403. The molecule has 0 bridgehead atoms. The Morgan fingerprint density at radius 1 is 1.04 bits per heavy atom. The Morgan fingerprint density at radius 2 is 1.71 bits per heavy atom. The zero-order valence-corrected chi connectivity index (χ0v) is 13.5. The number of amides is 2. The van der Waals surface area contributed by atoms with Crippen molar-refractivity contribution in [3.63, 3.8) is 0 Å². The number of carbonyl (C=O) groups is 2. The zero-order valence-electron chi connectivity index (χ0n) is 12.8. The van der Waals surface area contributed by atoms with Gasteiger partial charge in [-0.3, -0.25) is 9.59 Å². The molecule has 0 aromatic heterocycles. The van der Waals surface area contributed by atoms with Crippen molar-refractivity contribution >= 4 is 34.7 Å². The lowest BCUT2D eigenvalue weighted by Crippen LogP contribution is -2.31. The second-order valence-electron chi connectivity index (χ2n) is 5.04. The number of halogens is 2. The van der Waals surface area contributed by atoms with Gasteiger partial charge in [0.15, 0.2) is 0 Å². The van der Waals surface area contributed by atoms with Crippen LogP contribution >= 0.6 is 11.6 Å². The third-order valence-corrected chi connectivity index (χ3v) is 3.93. The van der Waals surface area contributed by atoms with Crippen LogP contribution in [0.2, 0.25) is 0 Å². The second-order valence-corrected chi connectivity index (χ2v) is 5.42. The summed E-state index contributed by atoms with van der Waals surface area (Å²) in [4.78, 5) is 25.8. The molecule has 0 aliphatic carbocycles. The van der Waals surface area contributed by atoms with Crippen molar-refractivity contribution in [1.82, 2.24) is 0 Å². The zero-order chi connectivity index (χ0) is 17.3. The maximum absolute atomic E-state index is 14.0. The van der Waals surface area contributed by atoms with E-state index in [1.165, 1.54) is 18.2 Å². The quantitative estimate of drug-likeness (QED) is 0.793. The molecule has 1 aliphatic heterocycles. The molecule has 24 heavy (non-hydrogen) atoms. The van der Waals surface area contributed by atoms with Crippen LogP contribution in [-0.2, 0) is 9.59 Å². The summed E-state index contributed by atoms with van der Waals surface area (Å²) in [6, 6.07) is 12.2. The van der Waals surface area contributed by atoms with Crippen molar-refractivity contribution in [2.45, 2.75) is 6.92 Å². The predicted octanol–water partition coefficient (Wildman–Crippen LogP) is 3.75. The lowest BCUT2D eigenvalue weighted by atomic mass is 10.1. The summed E-state index contributed by atoms with van der Waals surface area (Å²) < 4.78 is 19.3. The Labute approximate surface area is 143 Å². The minimum absolute atomic E-state index is 0.0490. The van der Waals surface area contributed by atoms with E-state index in [4.69, 9.17) is 16.3 Å². The first-order valence-electron chi connectivity index (χ1n) is 7.31. The van der Waals surface area contributed by atoms with E-state index in [1.807, 2.05) is 6.92 Å². The highest BCUT2D eigenvalue weighted by Crippen LogP contribution is 2.36. The summed E-state index contributed by atoms with van der Waals surface area (Å²) in [6.07, 6.45) is 0. The molecule has 6 heteroatoms. The number of para-hydroxylation sites is 1. The smallest absolute Gasteiger partial charge is 0.277 e. The van der Waals surface area contributed by atoms with E-state index in [0.29, 0.717) is 17.9 Å². The number of carbonyl (C=O) groups excluding carboxylic acids is 2. The highest BCUT2D eigenvalue weighted by Gasteiger charge is 2.40. The number of nitrogens with zero attached hydrogens (tertiary/aromatic N) is 1. The van der Waals surface area contributed by atoms with Gasteiger partial charge in [0, 0.05) is 0 Å². The van der Waals surface area contributed by atoms with Crippen LogP contribution < -0.4 is 9.64 Å². The Balaban J connectivity index is 1.99. The van der Waals surface area contributed by atoms with Crippen LogP contribution in [-0.4, -0.2) is 18.4 Å². The summed E-state index contributed by atoms with van der Waals surface area (Å²) in [6.45, 7) is 2.38. The fraction of sp³-hybridized carbons (Fsp3) is 0.111. The average molecular weight is 346 g/mol. The van der Waals surface area contributed by atoms with Gasteiger partial charge in [0.25, 0.3) is 11.8 Å². The van der Waals surface area contributed by atoms with Gasteiger partial charge in [-0.1, -0.05) is 35.9 Å². The molecular weight excluding hydrogens is 333 g/mol. The normalized spacial score (nSPS) is 14.5. The number of imide groups is 1. The van der Waals surface area contributed by atoms with Gasteiger partial charge in [-0.25, -0.2) is 9.29 Å². The number of ether oxygens (including phenoxy) is 1. The highest BCUT2D eigenvalue weighted by atomic mass is 35.5. The molecule has 0 atom stereocenters. The van der Waals surface area contributed by atoms with E-state index in [2.05, 4.69) is 0 Å². The molecular formula is C18H13ClFNO3. The molecule has 0 saturated carbocycles. The van der Waals surface area contributed by atoms with E-state index in [9.17, 15) is 14.0 Å². The van der Waals surface area contributed by atoms with Gasteiger partial charge in [0.1, 0.15) is 16.6 Å². The van der Waals surface area contributed by atoms with E-state index >= 15 is 0 Å². The number of hydrogen-bond acceptors (Lipinski definition) is 3. The fourth-order valence-electron chi connectivity index (χ4n) is 2.49. The summed E-state index contributed by atoms with van der Waals surface area (Å²) >= 11 is 6.07. The van der Waals surface area contributed by atoms with Gasteiger partial charge in [-0.05, 0) is 36.8 Å². The van der Waals surface area contributed by atoms with Crippen LogP contribution in [0, 0.1) is 5.82 Å². The summed E-state index contributed by atoms with van der Waals surface area (Å²) in [5, 5.41) is -0.229. The predicted molar refractivity (Wildman–Crippen MR) is 89.3 cm³/mol. The molecule has 2 amide bonds. The van der Waals surface area contributed by atoms with Crippen LogP contribution in [0.1, 0.15) is 12.5 Å². The van der Waals surface area contributed by atoms with Crippen LogP contribution in [0.15, 0.2) is 53.6 Å². The molecule has 0 N–H and O–H groups in total. The standard InChI is InChI=1S/C18H13ClFNO3/c1-2-24-12-9-7-11(8-10-12)15-16(19)18(23)21(17(15)22)14-6-4-3-5-13(14)20/h3-10H,2H2,1H3. The molecule has 0 saturated heterocycles. The number of benzene rings is 2. The first kappa shape index (κ1) is 16.2. The minimum atomic E-state index is -0.740. The minimum Gasteiger partial charge on any atom is -0.494 e. The number of anilines is 1. The molecule has 1 heterocycles. The van der Waals surface area contributed by atoms with Crippen molar-refractivity contribution in [1.29, 1.82) is 0 Å². The van der Waals surface area contributed by atoms with E-state index in [0.717, 1.165) is 4.90 Å². The molecule has 2 aromatic rings. The summed E-state index contributed by atoms with van der Waals surface area (Å²) in [5.74, 6) is -1.42. The second kappa shape index (κ2) is 6.45. The van der Waals surface area contributed by atoms with Crippen molar-refractivity contribution in [2.24, 2.45) is 0 Å². The van der Waals surface area contributed by atoms with E-state index in [-0.39, 0.29) is 16.3 Å². The topological polar surface area (TPSA) is 46.6 Å². The van der Waals surface area contributed by atoms with Gasteiger partial charge in [-0.2, -0.15) is 0 Å². The molecule has 122 valence electrons. The van der Waals surface area contributed by atoms with E-state index < -0.39 is 17.6 Å². The monoisotopic (exact) mass is 345 g/mol. The molecule has 3 rings (SSSR count). The van der Waals surface area contributed by atoms with Gasteiger partial charge in [0.05, 0.1) is 17.9 Å². The molecule has 1 aliphatic rings. The van der Waals surface area contributed by atoms with Crippen molar-refractivity contribution < 1.29 is 18.7 Å². The Hall–Kier alpha value is -2.66. The van der Waals surface area contributed by atoms with Gasteiger partial charge in [0.2, 0.25) is 0 Å². The fourth-order valence-corrected chi connectivity index (χ4v) is 2.76. The van der Waals surface area contributed by atoms with Crippen LogP contribution in [0.5, 0.6) is 5.75 Å². The van der Waals surface area contributed by atoms with Crippen molar-refractivity contribution in [2.75, 3.05) is 11.5 Å². The summed E-state index contributed by atoms with van der Waals surface area (Å²) in [7, 11) is 0. The Morgan fingerprint density at radius 3 is 2.33 bits per heavy atom. The van der Waals surface area contributed by atoms with Crippen LogP contribution in [0.4, 0.5) is 10.1 Å². The number of rotatable bonds is 4. The molecule has 0 unspecified atom stereocenters. The molecule has 0 spiro atoms. The van der Waals surface area contributed by atoms with Gasteiger partial charge >= 0.3 is 0 Å². The lowest BCUT2D eigenvalue weighted by molar-refractivity contribution is -0.119. The molecule has 0 radical (unpaired) electrons. The van der Waals surface area contributed by atoms with Crippen LogP contribution in [0.3, 0.4) is 0 Å². The van der Waals surface area contributed by atoms with Crippen molar-refractivity contribution in [3.8, 4) is 5.75 Å². The average Bonchev–Trinajstić information content (AvgIpc) is 2.79. The van der Waals surface area contributed by atoms with Crippen LogP contribution in [0.25, 0.3) is 5.57 Å². The third kappa shape index (κ3) is 2.67. The van der Waals surface area contributed by atoms with E-state index in [1.54, 1.807) is 30.3 Å². The maximum Gasteiger partial charge on any atom is 0.277 e. The van der Waals surface area contributed by atoms with Gasteiger partial charge < -0.3 is 4.74 Å². The SMILES string of the molecule is CCOc1ccc(C2=C(Cl)C(=O)N(c3ccccc3F)C2=O)cc1. The number of hydrogen-bond donors (Lipinski definition) is 0. The molecule has 2 aromatic carbocycles. The third-order valence-electron chi connectivity index (χ3n) is 3.57. The first-order chi connectivity index (χ1) is 11.5. The maximum atomic E-state index is 14.0. The first-order valence-corrected chi connectivity index (χ1v) is 7.68. The Bertz CT molecular complexity index is 846. The Kier molecular flexibility index (Phi) is 4.36. The molecule has 0 fully saturated rings.